The molecule has 4 rings (SSSR count). The van der Waals surface area contributed by atoms with Crippen molar-refractivity contribution in [2.75, 3.05) is 14.1 Å². The van der Waals surface area contributed by atoms with Crippen LogP contribution < -0.4 is 0 Å². The maximum absolute atomic E-state index is 14.0. The van der Waals surface area contributed by atoms with E-state index in [4.69, 9.17) is 23.7 Å². The molecule has 4 aliphatic heterocycles. The fraction of sp³-hybridized carbons (Fsp3) is 0.946. The molecule has 4 aliphatic rings. The molecule has 4 heterocycles. The van der Waals surface area contributed by atoms with E-state index in [-0.39, 0.29) is 90.4 Å². The SMILES string of the molecule is CCC[C@H](C[C@@H]1CC[C@H]([C@@H](C)[C@@H]2OC(=O)[C@@H](CC)[C@H]3CC[C@H](O3)[C@@H](C)[C@@H](CCC)OC(=O)[C@H](C)[C@H]3CC[C@H](O3)[C@H]2C)O1)N(C)C. The lowest BCUT2D eigenvalue weighted by molar-refractivity contribution is -0.178. The molecule has 0 spiro atoms. The van der Waals surface area contributed by atoms with Gasteiger partial charge in [0.1, 0.15) is 12.2 Å². The second-order valence-electron chi connectivity index (χ2n) is 15.1. The van der Waals surface area contributed by atoms with E-state index in [1.165, 1.54) is 0 Å². The maximum Gasteiger partial charge on any atom is 0.311 e. The van der Waals surface area contributed by atoms with E-state index >= 15 is 0 Å². The first-order valence-electron chi connectivity index (χ1n) is 18.5. The zero-order valence-electron chi connectivity index (χ0n) is 29.9. The maximum atomic E-state index is 14.0. The van der Waals surface area contributed by atoms with Gasteiger partial charge in [0.2, 0.25) is 0 Å². The van der Waals surface area contributed by atoms with Gasteiger partial charge < -0.3 is 28.6 Å². The molecular formula is C37H65NO7. The molecule has 260 valence electrons. The highest BCUT2D eigenvalue weighted by molar-refractivity contribution is 5.73. The highest BCUT2D eigenvalue weighted by Crippen LogP contribution is 2.40. The molecule has 0 aliphatic carbocycles. The van der Waals surface area contributed by atoms with E-state index in [1.807, 2.05) is 6.92 Å². The topological polar surface area (TPSA) is 83.5 Å². The molecule has 8 heteroatoms. The van der Waals surface area contributed by atoms with Crippen LogP contribution >= 0.6 is 0 Å². The van der Waals surface area contributed by atoms with Crippen LogP contribution in [0.3, 0.4) is 0 Å². The van der Waals surface area contributed by atoms with Gasteiger partial charge in [-0.15, -0.1) is 0 Å². The molecule has 0 aromatic carbocycles. The molecule has 0 aromatic heterocycles. The number of carbonyl (C=O) groups excluding carboxylic acids is 2. The van der Waals surface area contributed by atoms with Gasteiger partial charge in [-0.2, -0.15) is 0 Å². The van der Waals surface area contributed by atoms with Gasteiger partial charge in [0, 0.05) is 23.8 Å². The molecule has 0 saturated carbocycles. The van der Waals surface area contributed by atoms with Gasteiger partial charge in [0.05, 0.1) is 48.5 Å². The summed E-state index contributed by atoms with van der Waals surface area (Å²) in [5.74, 6) is -0.975. The zero-order valence-corrected chi connectivity index (χ0v) is 29.9. The predicted octanol–water partition coefficient (Wildman–Crippen LogP) is 6.96. The Kier molecular flexibility index (Phi) is 13.6. The average molecular weight is 636 g/mol. The van der Waals surface area contributed by atoms with Crippen molar-refractivity contribution in [2.24, 2.45) is 29.6 Å². The van der Waals surface area contributed by atoms with Crippen LogP contribution in [-0.2, 0) is 33.3 Å². The fourth-order valence-electron chi connectivity index (χ4n) is 8.61. The minimum atomic E-state index is -0.353. The lowest BCUT2D eigenvalue weighted by atomic mass is 9.84. The van der Waals surface area contributed by atoms with Crippen LogP contribution in [0.4, 0.5) is 0 Å². The number of carbonyl (C=O) groups is 2. The Morgan fingerprint density at radius 1 is 0.756 bits per heavy atom. The van der Waals surface area contributed by atoms with Crippen molar-refractivity contribution >= 4 is 11.9 Å². The molecule has 0 radical (unpaired) electrons. The highest BCUT2D eigenvalue weighted by Gasteiger charge is 2.47. The summed E-state index contributed by atoms with van der Waals surface area (Å²) in [6.45, 7) is 14.8. The Hall–Kier alpha value is -1.22. The van der Waals surface area contributed by atoms with E-state index in [9.17, 15) is 9.59 Å². The third kappa shape index (κ3) is 8.83. The summed E-state index contributed by atoms with van der Waals surface area (Å²) in [5, 5.41) is 0. The van der Waals surface area contributed by atoms with Crippen molar-refractivity contribution in [1.82, 2.24) is 4.90 Å². The van der Waals surface area contributed by atoms with Gasteiger partial charge in [-0.05, 0) is 85.2 Å². The third-order valence-electron chi connectivity index (χ3n) is 11.8. The summed E-state index contributed by atoms with van der Waals surface area (Å²) in [6.07, 6.45) is 10.2. The van der Waals surface area contributed by atoms with E-state index in [2.05, 4.69) is 60.5 Å². The van der Waals surface area contributed by atoms with E-state index in [1.54, 1.807) is 0 Å². The zero-order chi connectivity index (χ0) is 32.8. The number of rotatable bonds is 10. The molecule has 0 unspecified atom stereocenters. The summed E-state index contributed by atoms with van der Waals surface area (Å²) in [4.78, 5) is 29.8. The predicted molar refractivity (Wildman–Crippen MR) is 176 cm³/mol. The molecule has 4 fully saturated rings. The van der Waals surface area contributed by atoms with Gasteiger partial charge >= 0.3 is 11.9 Å². The summed E-state index contributed by atoms with van der Waals surface area (Å²) < 4.78 is 32.8. The molecule has 8 nitrogen and oxygen atoms in total. The van der Waals surface area contributed by atoms with Gasteiger partial charge in [-0.25, -0.2) is 0 Å². The first-order chi connectivity index (χ1) is 21.5. The quantitative estimate of drug-likeness (QED) is 0.238. The van der Waals surface area contributed by atoms with Gasteiger partial charge in [0.25, 0.3) is 0 Å². The molecule has 4 saturated heterocycles. The number of fused-ring (bicyclic) bond motifs is 4. The van der Waals surface area contributed by atoms with Crippen LogP contribution in [0.5, 0.6) is 0 Å². The highest BCUT2D eigenvalue weighted by atomic mass is 16.6. The molecular weight excluding hydrogens is 570 g/mol. The summed E-state index contributed by atoms with van der Waals surface area (Å²) in [5.41, 5.74) is 0. The first-order valence-corrected chi connectivity index (χ1v) is 18.5. The van der Waals surface area contributed by atoms with Gasteiger partial charge in [-0.1, -0.05) is 54.4 Å². The van der Waals surface area contributed by atoms with Crippen LogP contribution in [0.15, 0.2) is 0 Å². The largest absolute Gasteiger partial charge is 0.462 e. The van der Waals surface area contributed by atoms with Crippen molar-refractivity contribution in [3.05, 3.63) is 0 Å². The number of nitrogens with zero attached hydrogens (tertiary/aromatic N) is 1. The lowest BCUT2D eigenvalue weighted by Crippen LogP contribution is -2.45. The van der Waals surface area contributed by atoms with Gasteiger partial charge in [0.15, 0.2) is 0 Å². The Morgan fingerprint density at radius 3 is 2.04 bits per heavy atom. The Labute approximate surface area is 274 Å². The molecule has 45 heavy (non-hydrogen) atoms. The molecule has 14 atom stereocenters. The minimum absolute atomic E-state index is 0.0198. The van der Waals surface area contributed by atoms with Crippen LogP contribution in [0, 0.1) is 29.6 Å². The van der Waals surface area contributed by atoms with Crippen LogP contribution in [-0.4, -0.2) is 85.8 Å². The average Bonchev–Trinajstić information content (AvgIpc) is 3.80. The van der Waals surface area contributed by atoms with Crippen LogP contribution in [0.1, 0.15) is 126 Å². The standard InChI is InChI=1S/C37H65NO7/c1-10-13-26(38(8)9)21-27-15-16-31(41-27)23(5)35-24(6)32-17-18-33(42-32)25(7)36(39)44-29(14-11-2)22(4)30-19-20-34(43-30)28(12-3)37(40)45-35/h22-35H,10-21H2,1-9H3/t22-,23+,24+,25+,26+,27-,28-,29+,30-,31+,32-,33+,34+,35-/m0/s1. The molecule has 0 N–H and O–H groups in total. The summed E-state index contributed by atoms with van der Waals surface area (Å²) >= 11 is 0. The smallest absolute Gasteiger partial charge is 0.311 e. The second kappa shape index (κ2) is 16.7. The molecule has 0 aromatic rings. The fourth-order valence-corrected chi connectivity index (χ4v) is 8.61. The van der Waals surface area contributed by atoms with Crippen molar-refractivity contribution in [2.45, 2.75) is 180 Å². The third-order valence-corrected chi connectivity index (χ3v) is 11.8. The number of cyclic esters (lactones) is 2. The normalized spacial score (nSPS) is 41.2. The minimum Gasteiger partial charge on any atom is -0.462 e. The van der Waals surface area contributed by atoms with Crippen molar-refractivity contribution in [1.29, 1.82) is 0 Å². The first kappa shape index (κ1) is 36.6. The van der Waals surface area contributed by atoms with Crippen LogP contribution in [0.25, 0.3) is 0 Å². The Bertz CT molecular complexity index is 944. The van der Waals surface area contributed by atoms with Gasteiger partial charge in [-0.3, -0.25) is 9.59 Å². The number of hydrogen-bond donors (Lipinski definition) is 0. The Balaban J connectivity index is 1.56. The Morgan fingerprint density at radius 2 is 1.40 bits per heavy atom. The summed E-state index contributed by atoms with van der Waals surface area (Å²) in [7, 11) is 4.32. The number of esters is 2. The number of hydrogen-bond acceptors (Lipinski definition) is 8. The van der Waals surface area contributed by atoms with Crippen molar-refractivity contribution in [3.8, 4) is 0 Å². The van der Waals surface area contributed by atoms with E-state index in [0.29, 0.717) is 12.5 Å². The lowest BCUT2D eigenvalue weighted by Gasteiger charge is -2.37. The monoisotopic (exact) mass is 635 g/mol. The van der Waals surface area contributed by atoms with E-state index < -0.39 is 0 Å². The van der Waals surface area contributed by atoms with Crippen LogP contribution in [0.2, 0.25) is 0 Å². The molecule has 0 amide bonds. The van der Waals surface area contributed by atoms with Crippen molar-refractivity contribution in [3.63, 3.8) is 0 Å². The molecule has 4 bridgehead atoms. The second-order valence-corrected chi connectivity index (χ2v) is 15.1. The van der Waals surface area contributed by atoms with Crippen molar-refractivity contribution < 1.29 is 33.3 Å². The van der Waals surface area contributed by atoms with E-state index in [0.717, 1.165) is 70.6 Å². The number of ether oxygens (including phenoxy) is 5. The summed E-state index contributed by atoms with van der Waals surface area (Å²) in [6, 6.07) is 0.506.